The van der Waals surface area contributed by atoms with E-state index in [0.717, 1.165) is 11.1 Å². The van der Waals surface area contributed by atoms with Crippen LogP contribution in [0.25, 0.3) is 0 Å². The molecule has 380 valence electrons. The number of benzene rings is 4. The van der Waals surface area contributed by atoms with E-state index in [1.165, 1.54) is 13.8 Å². The van der Waals surface area contributed by atoms with Crippen molar-refractivity contribution in [1.82, 2.24) is 26.6 Å². The molecule has 4 aliphatic rings. The number of halogens is 12. The number of carbonyl (C=O) groups is 2. The predicted molar refractivity (Wildman–Crippen MR) is 231 cm³/mol. The van der Waals surface area contributed by atoms with Crippen LogP contribution in [0.5, 0.6) is 0 Å². The van der Waals surface area contributed by atoms with E-state index in [-0.39, 0.29) is 54.8 Å². The summed E-state index contributed by atoms with van der Waals surface area (Å²) in [4.78, 5) is 24.7. The van der Waals surface area contributed by atoms with Gasteiger partial charge in [-0.1, -0.05) is 60.7 Å². The molecule has 2 amide bonds. The standard InChI is InChI=1S/C25H26F6N2O2.C24H25F6N3O2/c1-16(17-11-19(24(26,27)28)13-20(12-17)25(29,30)31)35-14-22(18-5-3-2-4-6-18)7-9-23(10-8-22)21(34)32-15-33-23;1-15(16-9-18(23(25,26)27)11-19(10-16)24(28,29)30)35-13-22(17-5-3-2-4-6-17)8-7-21(12-32-22)20(34)31-14-33-21/h2-6,11-13,16,33H,7-10,14-15H2,1H3,(H,32,34);2-6,9-11,15,32-33H,7-8,12-14H2,1H3,(H,31,34)/t16-,22?,23?;15-,21?,22-/m11/s1. The summed E-state index contributed by atoms with van der Waals surface area (Å²) in [6.07, 6.45) is -18.6. The summed E-state index contributed by atoms with van der Waals surface area (Å²) < 4.78 is 171. The molecule has 1 aliphatic carbocycles. The average Bonchev–Trinajstić information content (AvgIpc) is 3.87. The monoisotopic (exact) mass is 1000 g/mol. The van der Waals surface area contributed by atoms with Gasteiger partial charge in [0, 0.05) is 12.0 Å². The maximum atomic E-state index is 13.3. The molecule has 0 bridgehead atoms. The third-order valence-corrected chi connectivity index (χ3v) is 14.0. The lowest BCUT2D eigenvalue weighted by Crippen LogP contribution is -2.64. The molecule has 4 fully saturated rings. The Labute approximate surface area is 395 Å². The Bertz CT molecular complexity index is 2230. The lowest BCUT2D eigenvalue weighted by atomic mass is 9.64. The fourth-order valence-electron chi connectivity index (χ4n) is 9.60. The summed E-state index contributed by atoms with van der Waals surface area (Å²) in [6, 6.07) is 21.7. The molecule has 1 unspecified atom stereocenters. The van der Waals surface area contributed by atoms with Crippen LogP contribution in [0.1, 0.15) is 109 Å². The molecule has 4 aromatic rings. The summed E-state index contributed by atoms with van der Waals surface area (Å²) in [5.41, 5.74) is -6.85. The van der Waals surface area contributed by atoms with Crippen LogP contribution in [0.3, 0.4) is 0 Å². The molecule has 3 heterocycles. The number of hydrogen-bond acceptors (Lipinski definition) is 7. The quantitative estimate of drug-likeness (QED) is 0.101. The number of ether oxygens (including phenoxy) is 2. The molecule has 0 radical (unpaired) electrons. The van der Waals surface area contributed by atoms with Crippen LogP contribution in [0.15, 0.2) is 97.1 Å². The largest absolute Gasteiger partial charge is 0.416 e. The molecule has 3 aliphatic heterocycles. The molecule has 8 rings (SSSR count). The maximum Gasteiger partial charge on any atom is 0.416 e. The van der Waals surface area contributed by atoms with Gasteiger partial charge >= 0.3 is 24.7 Å². The first-order valence-electron chi connectivity index (χ1n) is 22.4. The number of nitrogens with one attached hydrogen (secondary N) is 5. The van der Waals surface area contributed by atoms with Gasteiger partial charge in [0.25, 0.3) is 0 Å². The molecule has 5 N–H and O–H groups in total. The van der Waals surface area contributed by atoms with Crippen molar-refractivity contribution in [2.24, 2.45) is 0 Å². The zero-order chi connectivity index (χ0) is 51.0. The van der Waals surface area contributed by atoms with Gasteiger partial charge in [-0.15, -0.1) is 0 Å². The van der Waals surface area contributed by atoms with E-state index in [1.54, 1.807) is 0 Å². The van der Waals surface area contributed by atoms with Gasteiger partial charge in [0.15, 0.2) is 0 Å². The highest BCUT2D eigenvalue weighted by molar-refractivity contribution is 5.89. The Morgan fingerprint density at radius 1 is 0.486 bits per heavy atom. The van der Waals surface area contributed by atoms with E-state index in [0.29, 0.717) is 76.1 Å². The lowest BCUT2D eigenvalue weighted by Gasteiger charge is -2.45. The normalized spacial score (nSPS) is 26.1. The topological polar surface area (TPSA) is 113 Å². The number of alkyl halides is 12. The van der Waals surface area contributed by atoms with Crippen molar-refractivity contribution in [2.75, 3.05) is 33.1 Å². The van der Waals surface area contributed by atoms with E-state index < -0.39 is 81.2 Å². The van der Waals surface area contributed by atoms with Crippen molar-refractivity contribution >= 4 is 11.8 Å². The average molecular weight is 1000 g/mol. The zero-order valence-corrected chi connectivity index (χ0v) is 37.8. The molecule has 9 nitrogen and oxygen atoms in total. The van der Waals surface area contributed by atoms with Crippen LogP contribution in [0, 0.1) is 0 Å². The number of carbonyl (C=O) groups excluding carboxylic acids is 2. The molecular formula is C49H51F12N5O4. The second-order valence-electron chi connectivity index (χ2n) is 18.4. The number of rotatable bonds is 10. The van der Waals surface area contributed by atoms with Gasteiger partial charge in [-0.2, -0.15) is 52.7 Å². The Kier molecular flexibility index (Phi) is 14.9. The molecule has 4 aromatic carbocycles. The molecule has 1 saturated carbocycles. The summed E-state index contributed by atoms with van der Waals surface area (Å²) in [6.45, 7) is 3.97. The van der Waals surface area contributed by atoms with Crippen molar-refractivity contribution < 1.29 is 71.7 Å². The number of amides is 2. The first kappa shape index (κ1) is 52.6. The molecule has 2 spiro atoms. The van der Waals surface area contributed by atoms with Crippen molar-refractivity contribution in [3.63, 3.8) is 0 Å². The van der Waals surface area contributed by atoms with Gasteiger partial charge in [0.2, 0.25) is 11.8 Å². The van der Waals surface area contributed by atoms with Gasteiger partial charge in [-0.3, -0.25) is 20.2 Å². The Morgan fingerprint density at radius 2 is 0.871 bits per heavy atom. The van der Waals surface area contributed by atoms with Crippen molar-refractivity contribution in [3.05, 3.63) is 142 Å². The third kappa shape index (κ3) is 11.4. The van der Waals surface area contributed by atoms with E-state index in [9.17, 15) is 62.3 Å². The third-order valence-electron chi connectivity index (χ3n) is 14.0. The van der Waals surface area contributed by atoms with Gasteiger partial charge in [-0.05, 0) is 111 Å². The second-order valence-corrected chi connectivity index (χ2v) is 18.4. The molecule has 3 saturated heterocycles. The fourth-order valence-corrected chi connectivity index (χ4v) is 9.60. The fraction of sp³-hybridized carbons (Fsp3) is 0.469. The van der Waals surface area contributed by atoms with E-state index in [1.807, 2.05) is 60.7 Å². The van der Waals surface area contributed by atoms with E-state index in [2.05, 4.69) is 26.6 Å². The van der Waals surface area contributed by atoms with Gasteiger partial charge in [0.05, 0.1) is 72.1 Å². The zero-order valence-electron chi connectivity index (χ0n) is 37.8. The van der Waals surface area contributed by atoms with Gasteiger partial charge < -0.3 is 25.4 Å². The highest BCUT2D eigenvalue weighted by Gasteiger charge is 2.51. The Balaban J connectivity index is 0.000000206. The minimum absolute atomic E-state index is 0.0204. The van der Waals surface area contributed by atoms with E-state index in [4.69, 9.17) is 9.47 Å². The Hall–Kier alpha value is -5.22. The van der Waals surface area contributed by atoms with Crippen molar-refractivity contribution in [3.8, 4) is 0 Å². The molecule has 21 heteroatoms. The maximum absolute atomic E-state index is 13.3. The second kappa shape index (κ2) is 19.8. The van der Waals surface area contributed by atoms with Crippen LogP contribution in [-0.2, 0) is 54.7 Å². The minimum Gasteiger partial charge on any atom is -0.373 e. The van der Waals surface area contributed by atoms with E-state index >= 15 is 0 Å². The molecule has 0 aromatic heterocycles. The summed E-state index contributed by atoms with van der Waals surface area (Å²) in [7, 11) is 0. The summed E-state index contributed by atoms with van der Waals surface area (Å²) in [5, 5.41) is 15.3. The first-order valence-corrected chi connectivity index (χ1v) is 22.4. The smallest absolute Gasteiger partial charge is 0.373 e. The Morgan fingerprint density at radius 3 is 1.24 bits per heavy atom. The van der Waals surface area contributed by atoms with Crippen molar-refractivity contribution in [1.29, 1.82) is 0 Å². The van der Waals surface area contributed by atoms with Gasteiger partial charge in [0.1, 0.15) is 5.54 Å². The molecule has 4 atom stereocenters. The lowest BCUT2D eigenvalue weighted by molar-refractivity contribution is -0.145. The first-order chi connectivity index (χ1) is 32.7. The predicted octanol–water partition coefficient (Wildman–Crippen LogP) is 10.2. The van der Waals surface area contributed by atoms with Crippen LogP contribution in [0.4, 0.5) is 52.7 Å². The summed E-state index contributed by atoms with van der Waals surface area (Å²) in [5.74, 6) is -0.179. The van der Waals surface area contributed by atoms with Crippen LogP contribution in [0.2, 0.25) is 0 Å². The summed E-state index contributed by atoms with van der Waals surface area (Å²) >= 11 is 0. The SMILES string of the molecule is C[C@@H](OCC1(c2ccccc2)CCC2(CC1)NCNC2=O)c1cc(C(F)(F)F)cc(C(F)(F)F)c1.C[C@@H](OC[C@@]1(c2ccccc2)CCC2(CN1)NCNC2=O)c1cc(C(F)(F)F)cc(C(F)(F)F)c1. The minimum atomic E-state index is -4.94. The number of piperidine rings is 1. The van der Waals surface area contributed by atoms with Crippen LogP contribution >= 0.6 is 0 Å². The molecule has 70 heavy (non-hydrogen) atoms. The van der Waals surface area contributed by atoms with Crippen LogP contribution < -0.4 is 26.6 Å². The highest BCUT2D eigenvalue weighted by atomic mass is 19.4. The van der Waals surface area contributed by atoms with Crippen LogP contribution in [-0.4, -0.2) is 56.0 Å². The number of hydrogen-bond donors (Lipinski definition) is 5. The van der Waals surface area contributed by atoms with Gasteiger partial charge in [-0.25, -0.2) is 0 Å². The highest BCUT2D eigenvalue weighted by Crippen LogP contribution is 2.46. The van der Waals surface area contributed by atoms with Crippen molar-refractivity contribution in [2.45, 2.75) is 111 Å². The molecular weight excluding hydrogens is 951 g/mol.